The zero-order valence-corrected chi connectivity index (χ0v) is 12.5. The molecule has 6 heteroatoms. The summed E-state index contributed by atoms with van der Waals surface area (Å²) in [5.74, 6) is 0.947. The highest BCUT2D eigenvalue weighted by Crippen LogP contribution is 2.28. The number of benzene rings is 1. The van der Waals surface area contributed by atoms with E-state index < -0.39 is 6.10 Å². The van der Waals surface area contributed by atoms with Gasteiger partial charge in [-0.3, -0.25) is 4.79 Å². The number of piperidine rings is 1. The van der Waals surface area contributed by atoms with Crippen LogP contribution in [0, 0.1) is 0 Å². The van der Waals surface area contributed by atoms with Gasteiger partial charge in [-0.2, -0.15) is 4.98 Å². The summed E-state index contributed by atoms with van der Waals surface area (Å²) in [4.78, 5) is 15.9. The van der Waals surface area contributed by atoms with E-state index in [1.54, 1.807) is 0 Å². The van der Waals surface area contributed by atoms with Crippen LogP contribution in [0.25, 0.3) is 0 Å². The molecule has 1 aliphatic rings. The van der Waals surface area contributed by atoms with Crippen LogP contribution in [0.2, 0.25) is 0 Å². The normalized spacial score (nSPS) is 17.1. The van der Waals surface area contributed by atoms with Gasteiger partial charge in [0, 0.05) is 18.4 Å². The lowest BCUT2D eigenvalue weighted by molar-refractivity contribution is -0.145. The van der Waals surface area contributed by atoms with Crippen LogP contribution in [0.1, 0.15) is 49.1 Å². The van der Waals surface area contributed by atoms with E-state index >= 15 is 0 Å². The predicted molar refractivity (Wildman–Crippen MR) is 79.2 cm³/mol. The predicted octanol–water partition coefficient (Wildman–Crippen LogP) is 2.19. The molecule has 1 aromatic heterocycles. The molecular formula is C16H19N3O3. The topological polar surface area (TPSA) is 77.2 Å². The summed E-state index contributed by atoms with van der Waals surface area (Å²) in [6.45, 7) is 3.29. The summed E-state index contributed by atoms with van der Waals surface area (Å²) in [6.07, 6.45) is 1.33. The zero-order chi connectivity index (χ0) is 15.4. The SMILES string of the molecule is CC(=O)OC(c1ccccc1)c1nc(C2CCNCC2)no1. The molecule has 2 heterocycles. The molecule has 6 nitrogen and oxygen atoms in total. The van der Waals surface area contributed by atoms with Crippen molar-refractivity contribution < 1.29 is 14.1 Å². The lowest BCUT2D eigenvalue weighted by atomic mass is 9.97. The molecular weight excluding hydrogens is 282 g/mol. The standard InChI is InChI=1S/C16H19N3O3/c1-11(20)21-14(12-5-3-2-4-6-12)16-18-15(19-22-16)13-7-9-17-10-8-13/h2-6,13-14,17H,7-10H2,1H3. The van der Waals surface area contributed by atoms with Gasteiger partial charge in [0.25, 0.3) is 5.89 Å². The van der Waals surface area contributed by atoms with Crippen LogP contribution in [0.4, 0.5) is 0 Å². The maximum atomic E-state index is 11.4. The zero-order valence-electron chi connectivity index (χ0n) is 12.5. The first-order valence-corrected chi connectivity index (χ1v) is 7.50. The Labute approximate surface area is 128 Å². The molecule has 1 saturated heterocycles. The first-order valence-electron chi connectivity index (χ1n) is 7.50. The van der Waals surface area contributed by atoms with Crippen molar-refractivity contribution >= 4 is 5.97 Å². The molecule has 0 aliphatic carbocycles. The summed E-state index contributed by atoms with van der Waals surface area (Å²) in [5.41, 5.74) is 0.818. The summed E-state index contributed by atoms with van der Waals surface area (Å²) in [6, 6.07) is 9.43. The van der Waals surface area contributed by atoms with Gasteiger partial charge in [0.1, 0.15) is 0 Å². The second kappa shape index (κ2) is 6.70. The Bertz CT molecular complexity index is 621. The highest BCUT2D eigenvalue weighted by Gasteiger charge is 2.27. The van der Waals surface area contributed by atoms with Gasteiger partial charge >= 0.3 is 5.97 Å². The molecule has 1 N–H and O–H groups in total. The van der Waals surface area contributed by atoms with Crippen molar-refractivity contribution in [3.63, 3.8) is 0 Å². The van der Waals surface area contributed by atoms with Gasteiger partial charge in [-0.05, 0) is 25.9 Å². The summed E-state index contributed by atoms with van der Waals surface area (Å²) >= 11 is 0. The third kappa shape index (κ3) is 3.33. The molecule has 1 atom stereocenters. The minimum absolute atomic E-state index is 0.299. The van der Waals surface area contributed by atoms with Gasteiger partial charge in [0.2, 0.25) is 6.10 Å². The molecule has 0 spiro atoms. The number of hydrogen-bond donors (Lipinski definition) is 1. The Morgan fingerprint density at radius 1 is 1.32 bits per heavy atom. The quantitative estimate of drug-likeness (QED) is 0.872. The van der Waals surface area contributed by atoms with Gasteiger partial charge in [0.15, 0.2) is 5.82 Å². The van der Waals surface area contributed by atoms with Crippen molar-refractivity contribution in [1.82, 2.24) is 15.5 Å². The van der Waals surface area contributed by atoms with Crippen molar-refractivity contribution in [2.24, 2.45) is 0 Å². The van der Waals surface area contributed by atoms with Crippen LogP contribution < -0.4 is 5.32 Å². The molecule has 3 rings (SSSR count). The number of carbonyl (C=O) groups is 1. The van der Waals surface area contributed by atoms with E-state index in [4.69, 9.17) is 9.26 Å². The minimum atomic E-state index is -0.651. The fourth-order valence-corrected chi connectivity index (χ4v) is 2.65. The second-order valence-electron chi connectivity index (χ2n) is 5.42. The van der Waals surface area contributed by atoms with Crippen LogP contribution in [-0.2, 0) is 9.53 Å². The molecule has 1 unspecified atom stereocenters. The van der Waals surface area contributed by atoms with E-state index in [0.717, 1.165) is 31.5 Å². The van der Waals surface area contributed by atoms with Crippen LogP contribution in [-0.4, -0.2) is 29.2 Å². The molecule has 0 saturated carbocycles. The summed E-state index contributed by atoms with van der Waals surface area (Å²) in [5, 5.41) is 7.40. The van der Waals surface area contributed by atoms with E-state index in [1.165, 1.54) is 6.92 Å². The molecule has 1 aliphatic heterocycles. The van der Waals surface area contributed by atoms with Crippen LogP contribution in [0.15, 0.2) is 34.9 Å². The van der Waals surface area contributed by atoms with Crippen LogP contribution in [0.5, 0.6) is 0 Å². The lowest BCUT2D eigenvalue weighted by Crippen LogP contribution is -2.27. The van der Waals surface area contributed by atoms with Crippen molar-refractivity contribution in [2.75, 3.05) is 13.1 Å². The number of rotatable bonds is 4. The fraction of sp³-hybridized carbons (Fsp3) is 0.438. The average molecular weight is 301 g/mol. The number of ether oxygens (including phenoxy) is 1. The highest BCUT2D eigenvalue weighted by atomic mass is 16.6. The Balaban J connectivity index is 1.85. The van der Waals surface area contributed by atoms with E-state index in [9.17, 15) is 4.79 Å². The van der Waals surface area contributed by atoms with Crippen LogP contribution in [0.3, 0.4) is 0 Å². The van der Waals surface area contributed by atoms with E-state index in [1.807, 2.05) is 30.3 Å². The third-order valence-electron chi connectivity index (χ3n) is 3.77. The van der Waals surface area contributed by atoms with E-state index in [0.29, 0.717) is 17.6 Å². The van der Waals surface area contributed by atoms with E-state index in [-0.39, 0.29) is 5.97 Å². The lowest BCUT2D eigenvalue weighted by Gasteiger charge is -2.19. The number of nitrogens with zero attached hydrogens (tertiary/aromatic N) is 2. The second-order valence-corrected chi connectivity index (χ2v) is 5.42. The number of hydrogen-bond acceptors (Lipinski definition) is 6. The van der Waals surface area contributed by atoms with Gasteiger partial charge < -0.3 is 14.6 Å². The molecule has 1 fully saturated rings. The Kier molecular flexibility index (Phi) is 4.48. The maximum Gasteiger partial charge on any atom is 0.303 e. The van der Waals surface area contributed by atoms with Crippen molar-refractivity contribution in [3.8, 4) is 0 Å². The minimum Gasteiger partial charge on any atom is -0.447 e. The monoisotopic (exact) mass is 301 g/mol. The number of nitrogens with one attached hydrogen (secondary N) is 1. The van der Waals surface area contributed by atoms with Gasteiger partial charge in [-0.15, -0.1) is 0 Å². The molecule has 2 aromatic rings. The Hall–Kier alpha value is -2.21. The van der Waals surface area contributed by atoms with Crippen molar-refractivity contribution in [2.45, 2.75) is 31.8 Å². The first-order chi connectivity index (χ1) is 10.7. The smallest absolute Gasteiger partial charge is 0.303 e. The number of aromatic nitrogens is 2. The number of carbonyl (C=O) groups excluding carboxylic acids is 1. The maximum absolute atomic E-state index is 11.4. The number of esters is 1. The van der Waals surface area contributed by atoms with Crippen molar-refractivity contribution in [3.05, 3.63) is 47.6 Å². The largest absolute Gasteiger partial charge is 0.447 e. The summed E-state index contributed by atoms with van der Waals surface area (Å²) < 4.78 is 10.8. The van der Waals surface area contributed by atoms with E-state index in [2.05, 4.69) is 15.5 Å². The molecule has 22 heavy (non-hydrogen) atoms. The Morgan fingerprint density at radius 2 is 2.05 bits per heavy atom. The van der Waals surface area contributed by atoms with Crippen molar-refractivity contribution in [1.29, 1.82) is 0 Å². The first kappa shape index (κ1) is 14.7. The molecule has 0 amide bonds. The summed E-state index contributed by atoms with van der Waals surface area (Å²) in [7, 11) is 0. The van der Waals surface area contributed by atoms with Crippen LogP contribution >= 0.6 is 0 Å². The highest BCUT2D eigenvalue weighted by molar-refractivity contribution is 5.66. The Morgan fingerprint density at radius 3 is 2.73 bits per heavy atom. The third-order valence-corrected chi connectivity index (χ3v) is 3.77. The fourth-order valence-electron chi connectivity index (χ4n) is 2.65. The van der Waals surface area contributed by atoms with Gasteiger partial charge in [-0.1, -0.05) is 35.5 Å². The van der Waals surface area contributed by atoms with Gasteiger partial charge in [0.05, 0.1) is 0 Å². The molecule has 0 bridgehead atoms. The molecule has 116 valence electrons. The average Bonchev–Trinajstić information content (AvgIpc) is 3.04. The van der Waals surface area contributed by atoms with Gasteiger partial charge in [-0.25, -0.2) is 0 Å². The molecule has 0 radical (unpaired) electrons. The molecule has 1 aromatic carbocycles.